The van der Waals surface area contributed by atoms with Gasteiger partial charge in [0.25, 0.3) is 0 Å². The SMILES string of the molecule is CC(O)c1ccc(OCc2csc3ccccc23)c(Cl)c1. The Bertz CT molecular complexity index is 764. The molecule has 0 bridgehead atoms. The van der Waals surface area contributed by atoms with E-state index in [0.29, 0.717) is 17.4 Å². The molecule has 4 heteroatoms. The van der Waals surface area contributed by atoms with E-state index < -0.39 is 6.10 Å². The summed E-state index contributed by atoms with van der Waals surface area (Å²) in [6, 6.07) is 13.7. The van der Waals surface area contributed by atoms with Crippen LogP contribution in [0.3, 0.4) is 0 Å². The van der Waals surface area contributed by atoms with Crippen LogP contribution in [0.2, 0.25) is 5.02 Å². The normalized spacial score (nSPS) is 12.5. The lowest BCUT2D eigenvalue weighted by molar-refractivity contribution is 0.199. The highest BCUT2D eigenvalue weighted by Gasteiger charge is 2.08. The molecule has 0 aliphatic carbocycles. The molecule has 1 aromatic heterocycles. The number of aliphatic hydroxyl groups is 1. The highest BCUT2D eigenvalue weighted by atomic mass is 35.5. The Balaban J connectivity index is 1.79. The summed E-state index contributed by atoms with van der Waals surface area (Å²) in [6.45, 7) is 2.20. The van der Waals surface area contributed by atoms with Crippen LogP contribution in [0.1, 0.15) is 24.2 Å². The van der Waals surface area contributed by atoms with Gasteiger partial charge < -0.3 is 9.84 Å². The van der Waals surface area contributed by atoms with Crippen LogP contribution in [0.25, 0.3) is 10.1 Å². The first kappa shape index (κ1) is 14.4. The van der Waals surface area contributed by atoms with Crippen molar-refractivity contribution in [2.75, 3.05) is 0 Å². The van der Waals surface area contributed by atoms with E-state index in [0.717, 1.165) is 11.1 Å². The molecule has 2 aromatic carbocycles. The summed E-state index contributed by atoms with van der Waals surface area (Å²) in [5, 5.41) is 13.4. The van der Waals surface area contributed by atoms with Crippen molar-refractivity contribution in [2.24, 2.45) is 0 Å². The largest absolute Gasteiger partial charge is 0.487 e. The predicted molar refractivity (Wildman–Crippen MR) is 88.2 cm³/mol. The number of benzene rings is 2. The first-order valence-electron chi connectivity index (χ1n) is 6.70. The second kappa shape index (κ2) is 6.06. The number of thiophene rings is 1. The molecule has 108 valence electrons. The van der Waals surface area contributed by atoms with E-state index in [-0.39, 0.29) is 0 Å². The minimum Gasteiger partial charge on any atom is -0.487 e. The molecule has 0 radical (unpaired) electrons. The Morgan fingerprint density at radius 2 is 2.05 bits per heavy atom. The number of hydrogen-bond donors (Lipinski definition) is 1. The van der Waals surface area contributed by atoms with E-state index in [9.17, 15) is 5.11 Å². The van der Waals surface area contributed by atoms with E-state index >= 15 is 0 Å². The minimum absolute atomic E-state index is 0.484. The lowest BCUT2D eigenvalue weighted by Gasteiger charge is -2.10. The maximum Gasteiger partial charge on any atom is 0.138 e. The quantitative estimate of drug-likeness (QED) is 0.717. The van der Waals surface area contributed by atoms with Crippen molar-refractivity contribution in [1.82, 2.24) is 0 Å². The minimum atomic E-state index is -0.530. The number of aliphatic hydroxyl groups excluding tert-OH is 1. The van der Waals surface area contributed by atoms with E-state index in [1.165, 1.54) is 10.1 Å². The van der Waals surface area contributed by atoms with E-state index in [1.54, 1.807) is 30.4 Å². The fraction of sp³-hybridized carbons (Fsp3) is 0.176. The first-order chi connectivity index (χ1) is 10.1. The molecule has 0 spiro atoms. The van der Waals surface area contributed by atoms with Gasteiger partial charge in [-0.15, -0.1) is 11.3 Å². The van der Waals surface area contributed by atoms with Gasteiger partial charge in [0.05, 0.1) is 11.1 Å². The zero-order valence-corrected chi connectivity index (χ0v) is 13.1. The summed E-state index contributed by atoms with van der Waals surface area (Å²) in [5.74, 6) is 0.636. The van der Waals surface area contributed by atoms with Gasteiger partial charge in [-0.2, -0.15) is 0 Å². The van der Waals surface area contributed by atoms with Gasteiger partial charge in [0.15, 0.2) is 0 Å². The molecule has 1 atom stereocenters. The molecule has 1 heterocycles. The van der Waals surface area contributed by atoms with Crippen molar-refractivity contribution >= 4 is 33.0 Å². The van der Waals surface area contributed by atoms with Crippen molar-refractivity contribution in [3.63, 3.8) is 0 Å². The first-order valence-corrected chi connectivity index (χ1v) is 7.96. The maximum atomic E-state index is 9.54. The molecule has 0 saturated heterocycles. The number of hydrogen-bond acceptors (Lipinski definition) is 3. The highest BCUT2D eigenvalue weighted by molar-refractivity contribution is 7.17. The van der Waals surface area contributed by atoms with Crippen LogP contribution < -0.4 is 4.74 Å². The summed E-state index contributed by atoms with van der Waals surface area (Å²) in [6.07, 6.45) is -0.530. The third-order valence-corrected chi connectivity index (χ3v) is 4.69. The van der Waals surface area contributed by atoms with Crippen LogP contribution in [-0.2, 0) is 6.61 Å². The van der Waals surface area contributed by atoms with Crippen molar-refractivity contribution in [1.29, 1.82) is 0 Å². The van der Waals surface area contributed by atoms with Gasteiger partial charge in [-0.25, -0.2) is 0 Å². The van der Waals surface area contributed by atoms with Crippen LogP contribution in [-0.4, -0.2) is 5.11 Å². The number of halogens is 1. The van der Waals surface area contributed by atoms with Crippen LogP contribution in [0, 0.1) is 0 Å². The van der Waals surface area contributed by atoms with Gasteiger partial charge >= 0.3 is 0 Å². The van der Waals surface area contributed by atoms with Crippen molar-refractivity contribution in [2.45, 2.75) is 19.6 Å². The third-order valence-electron chi connectivity index (χ3n) is 3.38. The van der Waals surface area contributed by atoms with Crippen molar-refractivity contribution in [3.05, 3.63) is 64.0 Å². The number of rotatable bonds is 4. The lowest BCUT2D eigenvalue weighted by atomic mass is 10.1. The summed E-state index contributed by atoms with van der Waals surface area (Å²) >= 11 is 7.91. The van der Waals surface area contributed by atoms with E-state index in [4.69, 9.17) is 16.3 Å². The zero-order valence-electron chi connectivity index (χ0n) is 11.5. The van der Waals surface area contributed by atoms with Gasteiger partial charge in [-0.1, -0.05) is 35.9 Å². The van der Waals surface area contributed by atoms with Gasteiger partial charge in [0.1, 0.15) is 12.4 Å². The maximum absolute atomic E-state index is 9.54. The molecular weight excluding hydrogens is 304 g/mol. The summed E-state index contributed by atoms with van der Waals surface area (Å²) in [7, 11) is 0. The summed E-state index contributed by atoms with van der Waals surface area (Å²) < 4.78 is 7.07. The van der Waals surface area contributed by atoms with Crippen molar-refractivity contribution in [3.8, 4) is 5.75 Å². The molecule has 1 N–H and O–H groups in total. The molecule has 0 aliphatic heterocycles. The molecule has 0 saturated carbocycles. The molecule has 0 fully saturated rings. The third kappa shape index (κ3) is 3.05. The molecular formula is C17H15ClO2S. The number of fused-ring (bicyclic) bond motifs is 1. The van der Waals surface area contributed by atoms with Gasteiger partial charge in [0.2, 0.25) is 0 Å². The summed E-state index contributed by atoms with van der Waals surface area (Å²) in [5.41, 5.74) is 1.94. The highest BCUT2D eigenvalue weighted by Crippen LogP contribution is 2.30. The van der Waals surface area contributed by atoms with Gasteiger partial charge in [-0.3, -0.25) is 0 Å². The smallest absolute Gasteiger partial charge is 0.138 e. The molecule has 3 rings (SSSR count). The predicted octanol–water partition coefficient (Wildman–Crippen LogP) is 5.19. The second-order valence-corrected chi connectivity index (χ2v) is 6.23. The van der Waals surface area contributed by atoms with Crippen LogP contribution in [0.5, 0.6) is 5.75 Å². The molecule has 1 unspecified atom stereocenters. The Kier molecular flexibility index (Phi) is 4.15. The van der Waals surface area contributed by atoms with Gasteiger partial charge in [0, 0.05) is 10.3 Å². The Morgan fingerprint density at radius 1 is 1.24 bits per heavy atom. The van der Waals surface area contributed by atoms with Crippen LogP contribution in [0.4, 0.5) is 0 Å². The van der Waals surface area contributed by atoms with Crippen LogP contribution >= 0.6 is 22.9 Å². The molecule has 21 heavy (non-hydrogen) atoms. The molecule has 3 aromatic rings. The molecule has 0 aliphatic rings. The van der Waals surface area contributed by atoms with Gasteiger partial charge in [-0.05, 0) is 41.5 Å². The average Bonchev–Trinajstić information content (AvgIpc) is 2.89. The molecule has 0 amide bonds. The van der Waals surface area contributed by atoms with Crippen molar-refractivity contribution < 1.29 is 9.84 Å². The Labute approximate surface area is 132 Å². The molecule has 2 nitrogen and oxygen atoms in total. The Morgan fingerprint density at radius 3 is 2.81 bits per heavy atom. The fourth-order valence-corrected chi connectivity index (χ4v) is 3.39. The van der Waals surface area contributed by atoms with E-state index in [1.807, 2.05) is 18.2 Å². The Hall–Kier alpha value is -1.55. The van der Waals surface area contributed by atoms with Crippen LogP contribution in [0.15, 0.2) is 47.8 Å². The van der Waals surface area contributed by atoms with E-state index in [2.05, 4.69) is 17.5 Å². The standard InChI is InChI=1S/C17H15ClO2S/c1-11(19)12-6-7-16(15(18)8-12)20-9-13-10-21-17-5-3-2-4-14(13)17/h2-8,10-11,19H,9H2,1H3. The zero-order chi connectivity index (χ0) is 14.8. The average molecular weight is 319 g/mol. The summed E-state index contributed by atoms with van der Waals surface area (Å²) in [4.78, 5) is 0. The lowest BCUT2D eigenvalue weighted by Crippen LogP contribution is -1.97. The fourth-order valence-electron chi connectivity index (χ4n) is 2.19. The monoisotopic (exact) mass is 318 g/mol. The second-order valence-electron chi connectivity index (χ2n) is 4.91. The topological polar surface area (TPSA) is 29.5 Å². The number of ether oxygens (including phenoxy) is 1.